The van der Waals surface area contributed by atoms with Gasteiger partial charge in [0.2, 0.25) is 0 Å². The maximum Gasteiger partial charge on any atom is 0.417 e. The van der Waals surface area contributed by atoms with E-state index < -0.39 is 17.7 Å². The number of likely N-dealkylation sites (tertiary alicyclic amines) is 1. The minimum Gasteiger partial charge on any atom is -0.478 e. The van der Waals surface area contributed by atoms with Crippen LogP contribution in [0.25, 0.3) is 11.1 Å². The summed E-state index contributed by atoms with van der Waals surface area (Å²) in [5, 5.41) is 9.58. The Kier molecular flexibility index (Phi) is 8.34. The quantitative estimate of drug-likeness (QED) is 0.277. The van der Waals surface area contributed by atoms with Gasteiger partial charge in [-0.2, -0.15) is 13.2 Å². The van der Waals surface area contributed by atoms with Crippen LogP contribution in [0, 0.1) is 5.92 Å². The van der Waals surface area contributed by atoms with Crippen LogP contribution in [0.1, 0.15) is 63.0 Å². The number of fused-ring (bicyclic) bond motifs is 1. The molecule has 3 nitrogen and oxygen atoms in total. The van der Waals surface area contributed by atoms with Crippen LogP contribution in [0.5, 0.6) is 0 Å². The topological polar surface area (TPSA) is 40.5 Å². The van der Waals surface area contributed by atoms with E-state index in [4.69, 9.17) is 11.6 Å². The van der Waals surface area contributed by atoms with E-state index in [0.29, 0.717) is 42.7 Å². The molecule has 2 aliphatic rings. The maximum atomic E-state index is 14.2. The lowest BCUT2D eigenvalue weighted by Gasteiger charge is -2.39. The summed E-state index contributed by atoms with van der Waals surface area (Å²) in [5.74, 6) is -0.558. The first-order valence-electron chi connectivity index (χ1n) is 13.5. The first-order chi connectivity index (χ1) is 19.2. The molecule has 1 saturated heterocycles. The third-order valence-electron chi connectivity index (χ3n) is 7.82. The molecule has 0 unspecified atom stereocenters. The number of hydrogen-bond donors (Lipinski definition) is 1. The van der Waals surface area contributed by atoms with E-state index in [0.717, 1.165) is 54.4 Å². The Balaban J connectivity index is 1.58. The smallest absolute Gasteiger partial charge is 0.417 e. The molecule has 8 heteroatoms. The number of carboxylic acid groups (broad SMARTS) is 1. The zero-order chi connectivity index (χ0) is 28.4. The van der Waals surface area contributed by atoms with Crippen LogP contribution in [0.15, 0.2) is 60.7 Å². The number of aryl methyl sites for hydroxylation is 1. The minimum atomic E-state index is -4.59. The zero-order valence-electron chi connectivity index (χ0n) is 21.9. The van der Waals surface area contributed by atoms with Crippen LogP contribution in [0.2, 0.25) is 5.02 Å². The van der Waals surface area contributed by atoms with Crippen molar-refractivity contribution >= 4 is 28.7 Å². The number of benzene rings is 3. The van der Waals surface area contributed by atoms with Gasteiger partial charge in [-0.25, -0.2) is 4.79 Å². The van der Waals surface area contributed by atoms with Gasteiger partial charge in [0.05, 0.1) is 17.8 Å². The highest BCUT2D eigenvalue weighted by Crippen LogP contribution is 2.46. The Hall–Kier alpha value is -3.16. The molecule has 3 aromatic carbocycles. The van der Waals surface area contributed by atoms with Crippen molar-refractivity contribution in [3.63, 3.8) is 0 Å². The molecule has 0 bridgehead atoms. The average molecular weight is 572 g/mol. The lowest BCUT2D eigenvalue weighted by atomic mass is 9.85. The zero-order valence-corrected chi connectivity index (χ0v) is 22.7. The van der Waals surface area contributed by atoms with Gasteiger partial charge in [-0.1, -0.05) is 48.0 Å². The van der Waals surface area contributed by atoms with Gasteiger partial charge in [-0.3, -0.25) is 4.39 Å². The van der Waals surface area contributed by atoms with Crippen molar-refractivity contribution in [3.05, 3.63) is 105 Å². The van der Waals surface area contributed by atoms with Crippen molar-refractivity contribution in [1.82, 2.24) is 4.90 Å². The molecule has 0 atom stereocenters. The molecule has 0 spiro atoms. The number of nitrogens with zero attached hydrogens (tertiary/aromatic N) is 1. The lowest BCUT2D eigenvalue weighted by molar-refractivity contribution is -0.137. The molecule has 0 aromatic heterocycles. The molecule has 1 aliphatic carbocycles. The van der Waals surface area contributed by atoms with Crippen molar-refractivity contribution in [2.75, 3.05) is 26.3 Å². The number of allylic oxidation sites excluding steroid dienone is 1. The molecule has 3 aromatic rings. The number of rotatable bonds is 8. The van der Waals surface area contributed by atoms with Gasteiger partial charge in [-0.15, -0.1) is 0 Å². The molecule has 5 rings (SSSR count). The molecule has 0 radical (unpaired) electrons. The number of aromatic carboxylic acids is 1. The summed E-state index contributed by atoms with van der Waals surface area (Å²) in [4.78, 5) is 13.9. The molecule has 210 valence electrons. The van der Waals surface area contributed by atoms with Crippen LogP contribution >= 0.6 is 11.6 Å². The first-order valence-corrected chi connectivity index (χ1v) is 13.9. The van der Waals surface area contributed by atoms with E-state index in [9.17, 15) is 27.5 Å². The van der Waals surface area contributed by atoms with E-state index in [1.54, 1.807) is 12.1 Å². The highest BCUT2D eigenvalue weighted by molar-refractivity contribution is 6.33. The second-order valence-corrected chi connectivity index (χ2v) is 11.0. The Morgan fingerprint density at radius 2 is 1.77 bits per heavy atom. The molecule has 1 N–H and O–H groups in total. The number of carbonyl (C=O) groups is 1. The largest absolute Gasteiger partial charge is 0.478 e. The Labute approximate surface area is 236 Å². The molecule has 40 heavy (non-hydrogen) atoms. The Morgan fingerprint density at radius 3 is 2.45 bits per heavy atom. The summed E-state index contributed by atoms with van der Waals surface area (Å²) in [6.07, 6.45) is -1.72. The fourth-order valence-corrected chi connectivity index (χ4v) is 6.27. The second-order valence-electron chi connectivity index (χ2n) is 10.6. The average Bonchev–Trinajstić information content (AvgIpc) is 3.08. The van der Waals surface area contributed by atoms with Crippen molar-refractivity contribution in [2.45, 2.75) is 38.3 Å². The normalized spacial score (nSPS) is 16.4. The minimum absolute atomic E-state index is 0.0197. The molecule has 0 amide bonds. The number of carboxylic acids is 1. The Bertz CT molecular complexity index is 1430. The van der Waals surface area contributed by atoms with Crippen molar-refractivity contribution < 1.29 is 27.5 Å². The van der Waals surface area contributed by atoms with Gasteiger partial charge >= 0.3 is 12.1 Å². The second kappa shape index (κ2) is 11.8. The van der Waals surface area contributed by atoms with Crippen molar-refractivity contribution in [3.8, 4) is 0 Å². The summed E-state index contributed by atoms with van der Waals surface area (Å²) in [6.45, 7) is 2.33. The summed E-state index contributed by atoms with van der Waals surface area (Å²) in [7, 11) is 0. The molecule has 1 fully saturated rings. The summed E-state index contributed by atoms with van der Waals surface area (Å²) >= 11 is 6.48. The van der Waals surface area contributed by atoms with E-state index in [-0.39, 0.29) is 22.8 Å². The SMILES string of the molecule is O=C(O)c1ccc2c(c1)CCCC(c1c(Cl)cccc1C(F)(F)F)=C2c1ccc(CC2CN(CCCF)C2)cc1. The summed E-state index contributed by atoms with van der Waals surface area (Å²) in [6, 6.07) is 16.6. The van der Waals surface area contributed by atoms with Gasteiger partial charge in [0.15, 0.2) is 0 Å². The van der Waals surface area contributed by atoms with Gasteiger partial charge in [0.25, 0.3) is 0 Å². The van der Waals surface area contributed by atoms with Gasteiger partial charge in [-0.05, 0) is 95.7 Å². The third-order valence-corrected chi connectivity index (χ3v) is 8.14. The maximum absolute atomic E-state index is 14.2. The van der Waals surface area contributed by atoms with Crippen molar-refractivity contribution in [2.24, 2.45) is 5.92 Å². The van der Waals surface area contributed by atoms with Crippen LogP contribution in [0.4, 0.5) is 17.6 Å². The van der Waals surface area contributed by atoms with Crippen molar-refractivity contribution in [1.29, 1.82) is 0 Å². The van der Waals surface area contributed by atoms with E-state index in [1.807, 2.05) is 24.3 Å². The van der Waals surface area contributed by atoms with Gasteiger partial charge in [0, 0.05) is 30.2 Å². The van der Waals surface area contributed by atoms with E-state index in [1.165, 1.54) is 18.2 Å². The van der Waals surface area contributed by atoms with E-state index >= 15 is 0 Å². The summed E-state index contributed by atoms with van der Waals surface area (Å²) < 4.78 is 55.0. The van der Waals surface area contributed by atoms with Crippen LogP contribution in [0.3, 0.4) is 0 Å². The summed E-state index contributed by atoms with van der Waals surface area (Å²) in [5.41, 5.74) is 3.90. The van der Waals surface area contributed by atoms with Crippen LogP contribution in [-0.2, 0) is 19.0 Å². The highest BCUT2D eigenvalue weighted by atomic mass is 35.5. The molecule has 0 saturated carbocycles. The molecular weight excluding hydrogens is 542 g/mol. The predicted octanol–water partition coefficient (Wildman–Crippen LogP) is 8.19. The van der Waals surface area contributed by atoms with Crippen LogP contribution in [-0.4, -0.2) is 42.3 Å². The third kappa shape index (κ3) is 5.96. The van der Waals surface area contributed by atoms with Gasteiger partial charge < -0.3 is 10.0 Å². The standard InChI is InChI=1S/C32H30ClF4NO2/c33-28-7-2-6-27(32(35,36)37)30(28)26-5-1-4-23-17-24(31(39)40)12-13-25(23)29(26)22-10-8-20(9-11-22)16-21-18-38(19-21)15-3-14-34/h2,6-13,17,21H,1,3-5,14-16,18-19H2,(H,39,40). The van der Waals surface area contributed by atoms with Gasteiger partial charge in [0.1, 0.15) is 0 Å². The highest BCUT2D eigenvalue weighted by Gasteiger charge is 2.36. The van der Waals surface area contributed by atoms with Crippen LogP contribution < -0.4 is 0 Å². The first kappa shape index (κ1) is 28.4. The lowest BCUT2D eigenvalue weighted by Crippen LogP contribution is -2.47. The fraction of sp³-hybridized carbons (Fsp3) is 0.344. The number of halogens is 5. The fourth-order valence-electron chi connectivity index (χ4n) is 5.98. The number of hydrogen-bond acceptors (Lipinski definition) is 2. The Morgan fingerprint density at radius 1 is 1.02 bits per heavy atom. The van der Waals surface area contributed by atoms with E-state index in [2.05, 4.69) is 4.90 Å². The molecule has 1 aliphatic heterocycles. The number of alkyl halides is 4. The predicted molar refractivity (Wildman–Crippen MR) is 149 cm³/mol. The molecular formula is C32H30ClF4NO2. The molecule has 1 heterocycles. The monoisotopic (exact) mass is 571 g/mol.